The number of carbonyl (C=O) groups is 1. The highest BCUT2D eigenvalue weighted by molar-refractivity contribution is 5.54. The third-order valence-corrected chi connectivity index (χ3v) is 3.04. The van der Waals surface area contributed by atoms with Gasteiger partial charge in [-0.3, -0.25) is 4.79 Å². The van der Waals surface area contributed by atoms with Crippen molar-refractivity contribution in [1.29, 1.82) is 0 Å². The maximum Gasteiger partial charge on any atom is 0.215 e. The fourth-order valence-electron chi connectivity index (χ4n) is 1.89. The Bertz CT molecular complexity index is 423. The van der Waals surface area contributed by atoms with Crippen LogP contribution in [0, 0.1) is 5.41 Å². The molecule has 1 aliphatic heterocycles. The van der Waals surface area contributed by atoms with Crippen molar-refractivity contribution >= 4 is 12.4 Å². The van der Waals surface area contributed by atoms with Crippen LogP contribution in [0.3, 0.4) is 0 Å². The summed E-state index contributed by atoms with van der Waals surface area (Å²) in [7, 11) is 0. The molecule has 0 radical (unpaired) electrons. The summed E-state index contributed by atoms with van der Waals surface area (Å²) in [6.07, 6.45) is 3.83. The summed E-state index contributed by atoms with van der Waals surface area (Å²) in [6.45, 7) is 4.64. The van der Waals surface area contributed by atoms with Crippen molar-refractivity contribution in [2.75, 3.05) is 6.61 Å². The van der Waals surface area contributed by atoms with E-state index in [1.807, 2.05) is 42.5 Å². The first-order chi connectivity index (χ1) is 8.62. The lowest BCUT2D eigenvalue weighted by Gasteiger charge is -2.38. The van der Waals surface area contributed by atoms with Gasteiger partial charge in [-0.2, -0.15) is 0 Å². The van der Waals surface area contributed by atoms with Gasteiger partial charge in [-0.15, -0.1) is 0 Å². The normalized spacial score (nSPS) is 27.2. The van der Waals surface area contributed by atoms with Crippen LogP contribution >= 0.6 is 0 Å². The van der Waals surface area contributed by atoms with Crippen molar-refractivity contribution in [3.05, 3.63) is 42.0 Å². The number of hydrogen-bond acceptors (Lipinski definition) is 3. The van der Waals surface area contributed by atoms with E-state index in [1.165, 1.54) is 0 Å². The van der Waals surface area contributed by atoms with Crippen LogP contribution in [-0.4, -0.2) is 25.3 Å². The zero-order valence-electron chi connectivity index (χ0n) is 10.7. The summed E-state index contributed by atoms with van der Waals surface area (Å²) in [5.41, 5.74) is 0.983. The maximum absolute atomic E-state index is 10.7. The van der Waals surface area contributed by atoms with Gasteiger partial charge in [0.1, 0.15) is 0 Å². The SMILES string of the molecule is CC1(C)COC(C=O)OC1C=Cc1ccccc1. The smallest absolute Gasteiger partial charge is 0.215 e. The maximum atomic E-state index is 10.7. The lowest BCUT2D eigenvalue weighted by molar-refractivity contribution is -0.231. The van der Waals surface area contributed by atoms with Crippen molar-refractivity contribution in [3.8, 4) is 0 Å². The molecule has 1 aliphatic rings. The number of ether oxygens (including phenoxy) is 2. The minimum atomic E-state index is -0.747. The first-order valence-corrected chi connectivity index (χ1v) is 6.07. The average Bonchev–Trinajstić information content (AvgIpc) is 2.38. The molecule has 18 heavy (non-hydrogen) atoms. The van der Waals surface area contributed by atoms with Gasteiger partial charge in [0, 0.05) is 5.41 Å². The second-order valence-corrected chi connectivity index (χ2v) is 5.13. The van der Waals surface area contributed by atoms with E-state index in [0.717, 1.165) is 5.56 Å². The summed E-state index contributed by atoms with van der Waals surface area (Å²) in [6, 6.07) is 10.0. The predicted octanol–water partition coefficient (Wildman–Crippen LogP) is 2.67. The van der Waals surface area contributed by atoms with Gasteiger partial charge < -0.3 is 9.47 Å². The Hall–Kier alpha value is -1.45. The molecular formula is C15H18O3. The Labute approximate surface area is 107 Å². The monoisotopic (exact) mass is 246 g/mol. The van der Waals surface area contributed by atoms with Crippen LogP contribution in [0.1, 0.15) is 19.4 Å². The lowest BCUT2D eigenvalue weighted by atomic mass is 9.86. The van der Waals surface area contributed by atoms with E-state index < -0.39 is 6.29 Å². The summed E-state index contributed by atoms with van der Waals surface area (Å²) >= 11 is 0. The van der Waals surface area contributed by atoms with E-state index in [0.29, 0.717) is 12.9 Å². The van der Waals surface area contributed by atoms with E-state index in [2.05, 4.69) is 13.8 Å². The Kier molecular flexibility index (Phi) is 3.94. The fourth-order valence-corrected chi connectivity index (χ4v) is 1.89. The van der Waals surface area contributed by atoms with Crippen LogP contribution in [0.15, 0.2) is 36.4 Å². The van der Waals surface area contributed by atoms with Crippen molar-refractivity contribution in [2.45, 2.75) is 26.2 Å². The van der Waals surface area contributed by atoms with Crippen molar-refractivity contribution in [3.63, 3.8) is 0 Å². The number of rotatable bonds is 3. The molecule has 3 nitrogen and oxygen atoms in total. The predicted molar refractivity (Wildman–Crippen MR) is 69.9 cm³/mol. The molecule has 2 unspecified atom stereocenters. The molecule has 0 amide bonds. The van der Waals surface area contributed by atoms with Crippen LogP contribution in [-0.2, 0) is 14.3 Å². The Balaban J connectivity index is 2.10. The number of aldehydes is 1. The van der Waals surface area contributed by atoms with Crippen LogP contribution < -0.4 is 0 Å². The topological polar surface area (TPSA) is 35.5 Å². The van der Waals surface area contributed by atoms with Crippen LogP contribution in [0.25, 0.3) is 6.08 Å². The second kappa shape index (κ2) is 5.46. The van der Waals surface area contributed by atoms with Gasteiger partial charge in [-0.05, 0) is 5.56 Å². The molecular weight excluding hydrogens is 228 g/mol. The molecule has 3 heteroatoms. The molecule has 1 aromatic carbocycles. The molecule has 0 saturated carbocycles. The molecule has 1 aromatic rings. The minimum Gasteiger partial charge on any atom is -0.346 e. The van der Waals surface area contributed by atoms with Crippen molar-refractivity contribution < 1.29 is 14.3 Å². The first-order valence-electron chi connectivity index (χ1n) is 6.07. The Morgan fingerprint density at radius 3 is 2.67 bits per heavy atom. The number of carbonyl (C=O) groups excluding carboxylic acids is 1. The van der Waals surface area contributed by atoms with Crippen molar-refractivity contribution in [1.82, 2.24) is 0 Å². The summed E-state index contributed by atoms with van der Waals surface area (Å²) in [5, 5.41) is 0. The Morgan fingerprint density at radius 1 is 1.28 bits per heavy atom. The molecule has 0 spiro atoms. The fraction of sp³-hybridized carbons (Fsp3) is 0.400. The van der Waals surface area contributed by atoms with E-state index in [-0.39, 0.29) is 11.5 Å². The van der Waals surface area contributed by atoms with Crippen LogP contribution in [0.2, 0.25) is 0 Å². The molecule has 1 fully saturated rings. The van der Waals surface area contributed by atoms with Gasteiger partial charge in [0.25, 0.3) is 0 Å². The molecule has 2 rings (SSSR count). The first kappa shape index (κ1) is 13.0. The summed E-state index contributed by atoms with van der Waals surface area (Å²) in [5.74, 6) is 0. The van der Waals surface area contributed by atoms with Crippen LogP contribution in [0.5, 0.6) is 0 Å². The van der Waals surface area contributed by atoms with Gasteiger partial charge >= 0.3 is 0 Å². The molecule has 1 saturated heterocycles. The third kappa shape index (κ3) is 3.06. The van der Waals surface area contributed by atoms with Gasteiger partial charge in [-0.25, -0.2) is 0 Å². The summed E-state index contributed by atoms with van der Waals surface area (Å²) in [4.78, 5) is 10.7. The van der Waals surface area contributed by atoms with E-state index in [1.54, 1.807) is 0 Å². The van der Waals surface area contributed by atoms with E-state index >= 15 is 0 Å². The number of hydrogen-bond donors (Lipinski definition) is 0. The highest BCUT2D eigenvalue weighted by Gasteiger charge is 2.36. The van der Waals surface area contributed by atoms with Crippen molar-refractivity contribution in [2.24, 2.45) is 5.41 Å². The molecule has 2 atom stereocenters. The zero-order chi connectivity index (χ0) is 13.0. The number of benzene rings is 1. The van der Waals surface area contributed by atoms with Gasteiger partial charge in [0.2, 0.25) is 6.29 Å². The summed E-state index contributed by atoms with van der Waals surface area (Å²) < 4.78 is 10.9. The Morgan fingerprint density at radius 2 is 2.00 bits per heavy atom. The zero-order valence-corrected chi connectivity index (χ0v) is 10.7. The second-order valence-electron chi connectivity index (χ2n) is 5.13. The van der Waals surface area contributed by atoms with E-state index in [9.17, 15) is 4.79 Å². The van der Waals surface area contributed by atoms with Gasteiger partial charge in [-0.1, -0.05) is 56.3 Å². The molecule has 0 aliphatic carbocycles. The van der Waals surface area contributed by atoms with Gasteiger partial charge in [0.05, 0.1) is 12.7 Å². The standard InChI is InChI=1S/C15H18O3/c1-15(2)11-17-14(10-16)18-13(15)9-8-12-6-4-3-5-7-12/h3-10,13-14H,11H2,1-2H3. The molecule has 0 aromatic heterocycles. The lowest BCUT2D eigenvalue weighted by Crippen LogP contribution is -2.45. The minimum absolute atomic E-state index is 0.123. The molecule has 1 heterocycles. The van der Waals surface area contributed by atoms with Crippen LogP contribution in [0.4, 0.5) is 0 Å². The molecule has 96 valence electrons. The van der Waals surface area contributed by atoms with Gasteiger partial charge in [0.15, 0.2) is 6.29 Å². The average molecular weight is 246 g/mol. The largest absolute Gasteiger partial charge is 0.346 e. The molecule has 0 bridgehead atoms. The highest BCUT2D eigenvalue weighted by atomic mass is 16.7. The van der Waals surface area contributed by atoms with E-state index in [4.69, 9.17) is 9.47 Å². The highest BCUT2D eigenvalue weighted by Crippen LogP contribution is 2.31. The molecule has 0 N–H and O–H groups in total. The quantitative estimate of drug-likeness (QED) is 0.769. The third-order valence-electron chi connectivity index (χ3n) is 3.04.